The predicted octanol–water partition coefficient (Wildman–Crippen LogP) is 2.42. The number of nitrogens with zero attached hydrogens (tertiary/aromatic N) is 2. The Morgan fingerprint density at radius 1 is 1.17 bits per heavy atom. The summed E-state index contributed by atoms with van der Waals surface area (Å²) < 4.78 is 28.8. The van der Waals surface area contributed by atoms with Gasteiger partial charge in [-0.05, 0) is 37.5 Å². The third-order valence-electron chi connectivity index (χ3n) is 4.30. The number of carboxylic acid groups (broad SMARTS) is 1. The van der Waals surface area contributed by atoms with E-state index in [9.17, 15) is 18.3 Å². The van der Waals surface area contributed by atoms with E-state index in [-0.39, 0.29) is 6.54 Å². The van der Waals surface area contributed by atoms with Gasteiger partial charge in [-0.3, -0.25) is 4.79 Å². The first-order valence-electron chi connectivity index (χ1n) is 8.62. The molecule has 0 aromatic heterocycles. The SMILES string of the molecule is CC(C)CCN(CCC(C)C)S(=O)(=O)N1CCCC(C(=O)O)C1. The molecule has 1 unspecified atom stereocenters. The second-order valence-corrected chi connectivity index (χ2v) is 9.24. The lowest BCUT2D eigenvalue weighted by Gasteiger charge is -2.34. The molecule has 1 aliphatic heterocycles. The Morgan fingerprint density at radius 3 is 2.13 bits per heavy atom. The molecule has 0 aromatic rings. The molecule has 1 atom stereocenters. The molecule has 0 radical (unpaired) electrons. The minimum atomic E-state index is -3.58. The molecule has 1 aliphatic rings. The second kappa shape index (κ2) is 8.99. The zero-order chi connectivity index (χ0) is 17.6. The van der Waals surface area contributed by atoms with Gasteiger partial charge in [0, 0.05) is 26.2 Å². The van der Waals surface area contributed by atoms with Crippen LogP contribution in [0.1, 0.15) is 53.4 Å². The van der Waals surface area contributed by atoms with Crippen molar-refractivity contribution in [2.24, 2.45) is 17.8 Å². The molecule has 0 saturated carbocycles. The Balaban J connectivity index is 2.84. The Bertz CT molecular complexity index is 464. The van der Waals surface area contributed by atoms with Gasteiger partial charge in [-0.1, -0.05) is 27.7 Å². The molecule has 0 bridgehead atoms. The lowest BCUT2D eigenvalue weighted by Crippen LogP contribution is -2.49. The summed E-state index contributed by atoms with van der Waals surface area (Å²) in [5, 5.41) is 9.18. The molecule has 1 N–H and O–H groups in total. The van der Waals surface area contributed by atoms with Gasteiger partial charge in [-0.2, -0.15) is 17.0 Å². The van der Waals surface area contributed by atoms with E-state index >= 15 is 0 Å². The summed E-state index contributed by atoms with van der Waals surface area (Å²) >= 11 is 0. The summed E-state index contributed by atoms with van der Waals surface area (Å²) in [6, 6.07) is 0. The Labute approximate surface area is 141 Å². The average molecular weight is 349 g/mol. The van der Waals surface area contributed by atoms with Crippen LogP contribution >= 0.6 is 0 Å². The topological polar surface area (TPSA) is 77.9 Å². The zero-order valence-corrected chi connectivity index (χ0v) is 15.7. The number of hydrogen-bond donors (Lipinski definition) is 1. The van der Waals surface area contributed by atoms with Crippen molar-refractivity contribution >= 4 is 16.2 Å². The maximum Gasteiger partial charge on any atom is 0.307 e. The monoisotopic (exact) mass is 348 g/mol. The molecular weight excluding hydrogens is 316 g/mol. The van der Waals surface area contributed by atoms with Crippen LogP contribution in [0, 0.1) is 17.8 Å². The van der Waals surface area contributed by atoms with E-state index in [0.29, 0.717) is 44.3 Å². The van der Waals surface area contributed by atoms with Crippen molar-refractivity contribution in [1.29, 1.82) is 0 Å². The summed E-state index contributed by atoms with van der Waals surface area (Å²) in [5.74, 6) is -0.629. The molecule has 1 saturated heterocycles. The van der Waals surface area contributed by atoms with E-state index in [1.165, 1.54) is 4.31 Å². The van der Waals surface area contributed by atoms with Crippen molar-refractivity contribution in [3.05, 3.63) is 0 Å². The summed E-state index contributed by atoms with van der Waals surface area (Å²) in [7, 11) is -3.58. The fourth-order valence-electron chi connectivity index (χ4n) is 2.66. The Morgan fingerprint density at radius 2 is 1.70 bits per heavy atom. The van der Waals surface area contributed by atoms with Gasteiger partial charge in [-0.15, -0.1) is 0 Å². The Kier molecular flexibility index (Phi) is 7.97. The Hall–Kier alpha value is -0.660. The van der Waals surface area contributed by atoms with Crippen LogP contribution in [0.25, 0.3) is 0 Å². The van der Waals surface area contributed by atoms with Crippen molar-refractivity contribution in [3.8, 4) is 0 Å². The number of piperidine rings is 1. The van der Waals surface area contributed by atoms with Crippen LogP contribution in [0.3, 0.4) is 0 Å². The zero-order valence-electron chi connectivity index (χ0n) is 14.9. The quantitative estimate of drug-likeness (QED) is 0.694. The normalized spacial score (nSPS) is 20.6. The molecule has 23 heavy (non-hydrogen) atoms. The molecule has 1 heterocycles. The lowest BCUT2D eigenvalue weighted by molar-refractivity contribution is -0.142. The first-order chi connectivity index (χ1) is 10.6. The van der Waals surface area contributed by atoms with Crippen LogP contribution in [0.5, 0.6) is 0 Å². The third-order valence-corrected chi connectivity index (χ3v) is 6.30. The molecule has 0 aromatic carbocycles. The molecule has 6 nitrogen and oxygen atoms in total. The maximum absolute atomic E-state index is 12.9. The number of aliphatic carboxylic acids is 1. The van der Waals surface area contributed by atoms with Crippen LogP contribution in [0.2, 0.25) is 0 Å². The van der Waals surface area contributed by atoms with Gasteiger partial charge in [0.2, 0.25) is 0 Å². The molecular formula is C16H32N2O4S. The summed E-state index contributed by atoms with van der Waals surface area (Å²) in [4.78, 5) is 11.2. The van der Waals surface area contributed by atoms with Gasteiger partial charge in [0.25, 0.3) is 10.2 Å². The van der Waals surface area contributed by atoms with E-state index in [4.69, 9.17) is 0 Å². The van der Waals surface area contributed by atoms with Crippen LogP contribution in [0.15, 0.2) is 0 Å². The van der Waals surface area contributed by atoms with Crippen LogP contribution in [-0.2, 0) is 15.0 Å². The number of carboxylic acids is 1. The highest BCUT2D eigenvalue weighted by Crippen LogP contribution is 2.22. The van der Waals surface area contributed by atoms with Crippen molar-refractivity contribution < 1.29 is 18.3 Å². The van der Waals surface area contributed by atoms with Gasteiger partial charge < -0.3 is 5.11 Å². The van der Waals surface area contributed by atoms with Crippen molar-refractivity contribution in [2.45, 2.75) is 53.4 Å². The minimum Gasteiger partial charge on any atom is -0.481 e. The first kappa shape index (κ1) is 20.4. The van der Waals surface area contributed by atoms with Gasteiger partial charge in [0.05, 0.1) is 5.92 Å². The van der Waals surface area contributed by atoms with E-state index in [1.807, 2.05) is 0 Å². The average Bonchev–Trinajstić information content (AvgIpc) is 2.46. The molecule has 1 rings (SSSR count). The predicted molar refractivity (Wildman–Crippen MR) is 91.3 cm³/mol. The molecule has 136 valence electrons. The summed E-state index contributed by atoms with van der Waals surface area (Å²) in [6.45, 7) is 9.83. The van der Waals surface area contributed by atoms with Gasteiger partial charge in [-0.25, -0.2) is 0 Å². The fraction of sp³-hybridized carbons (Fsp3) is 0.938. The maximum atomic E-state index is 12.9. The highest BCUT2D eigenvalue weighted by molar-refractivity contribution is 7.86. The van der Waals surface area contributed by atoms with E-state index in [2.05, 4.69) is 27.7 Å². The van der Waals surface area contributed by atoms with Crippen LogP contribution in [-0.4, -0.2) is 54.3 Å². The third kappa shape index (κ3) is 6.39. The van der Waals surface area contributed by atoms with E-state index in [1.54, 1.807) is 4.31 Å². The standard InChI is InChI=1S/C16H32N2O4S/c1-13(2)7-10-17(11-8-14(3)4)23(21,22)18-9-5-6-15(12-18)16(19)20/h13-15H,5-12H2,1-4H3,(H,19,20). The molecule has 0 spiro atoms. The molecule has 0 aliphatic carbocycles. The summed E-state index contributed by atoms with van der Waals surface area (Å²) in [5.41, 5.74) is 0. The smallest absolute Gasteiger partial charge is 0.307 e. The second-order valence-electron chi connectivity index (χ2n) is 7.31. The van der Waals surface area contributed by atoms with Gasteiger partial charge in [0.1, 0.15) is 0 Å². The number of carbonyl (C=O) groups is 1. The van der Waals surface area contributed by atoms with Crippen molar-refractivity contribution in [1.82, 2.24) is 8.61 Å². The fourth-order valence-corrected chi connectivity index (χ4v) is 4.39. The lowest BCUT2D eigenvalue weighted by atomic mass is 10.0. The minimum absolute atomic E-state index is 0.0948. The van der Waals surface area contributed by atoms with E-state index in [0.717, 1.165) is 12.8 Å². The largest absolute Gasteiger partial charge is 0.481 e. The van der Waals surface area contributed by atoms with E-state index < -0.39 is 22.1 Å². The van der Waals surface area contributed by atoms with Crippen LogP contribution < -0.4 is 0 Å². The molecule has 1 fully saturated rings. The first-order valence-corrected chi connectivity index (χ1v) is 10.0. The highest BCUT2D eigenvalue weighted by Gasteiger charge is 2.35. The number of hydrogen-bond acceptors (Lipinski definition) is 3. The molecule has 7 heteroatoms. The van der Waals surface area contributed by atoms with Gasteiger partial charge >= 0.3 is 5.97 Å². The number of rotatable bonds is 9. The summed E-state index contributed by atoms with van der Waals surface area (Å²) in [6.07, 6.45) is 2.79. The van der Waals surface area contributed by atoms with Crippen LogP contribution in [0.4, 0.5) is 0 Å². The molecule has 0 amide bonds. The van der Waals surface area contributed by atoms with Gasteiger partial charge in [0.15, 0.2) is 0 Å². The van der Waals surface area contributed by atoms with Crippen molar-refractivity contribution in [3.63, 3.8) is 0 Å². The highest BCUT2D eigenvalue weighted by atomic mass is 32.2. The van der Waals surface area contributed by atoms with Crippen molar-refractivity contribution in [2.75, 3.05) is 26.2 Å².